The van der Waals surface area contributed by atoms with Crippen molar-refractivity contribution in [3.63, 3.8) is 0 Å². The van der Waals surface area contributed by atoms with Gasteiger partial charge in [-0.15, -0.1) is 0 Å². The van der Waals surface area contributed by atoms with E-state index in [-0.39, 0.29) is 24.5 Å². The summed E-state index contributed by atoms with van der Waals surface area (Å²) >= 11 is 6.08. The van der Waals surface area contributed by atoms with Gasteiger partial charge >= 0.3 is 0 Å². The quantitative estimate of drug-likeness (QED) is 0.695. The van der Waals surface area contributed by atoms with Gasteiger partial charge in [-0.25, -0.2) is 0 Å². The van der Waals surface area contributed by atoms with Crippen LogP contribution in [0.1, 0.15) is 26.3 Å². The van der Waals surface area contributed by atoms with Crippen LogP contribution in [-0.4, -0.2) is 41.9 Å². The summed E-state index contributed by atoms with van der Waals surface area (Å²) in [7, 11) is 0. The number of halogens is 1. The number of nitrogens with zero attached hydrogens (tertiary/aromatic N) is 1. The van der Waals surface area contributed by atoms with Gasteiger partial charge in [-0.3, -0.25) is 9.59 Å². The fourth-order valence-corrected chi connectivity index (χ4v) is 2.95. The third kappa shape index (κ3) is 6.57. The van der Waals surface area contributed by atoms with Crippen molar-refractivity contribution < 1.29 is 14.3 Å². The highest BCUT2D eigenvalue weighted by molar-refractivity contribution is 6.32. The average molecular weight is 403 g/mol. The number of nitrogens with one attached hydrogen (secondary N) is 1. The summed E-state index contributed by atoms with van der Waals surface area (Å²) in [6.45, 7) is 5.75. The van der Waals surface area contributed by atoms with E-state index in [0.717, 1.165) is 5.56 Å². The molecule has 0 heterocycles. The molecular weight excluding hydrogens is 376 g/mol. The highest BCUT2D eigenvalue weighted by Crippen LogP contribution is 2.23. The minimum atomic E-state index is -0.603. The summed E-state index contributed by atoms with van der Waals surface area (Å²) in [6, 6.07) is 16.2. The molecule has 1 atom stereocenters. The Hall–Kier alpha value is -2.53. The molecule has 0 spiro atoms. The van der Waals surface area contributed by atoms with Crippen LogP contribution in [0, 0.1) is 0 Å². The highest BCUT2D eigenvalue weighted by atomic mass is 35.5. The first-order valence-electron chi connectivity index (χ1n) is 9.39. The monoisotopic (exact) mass is 402 g/mol. The molecule has 0 unspecified atom stereocenters. The molecule has 2 aromatic rings. The molecule has 0 saturated heterocycles. The molecule has 2 aromatic carbocycles. The van der Waals surface area contributed by atoms with Gasteiger partial charge in [-0.1, -0.05) is 54.1 Å². The predicted molar refractivity (Wildman–Crippen MR) is 112 cm³/mol. The van der Waals surface area contributed by atoms with E-state index in [0.29, 0.717) is 23.7 Å². The van der Waals surface area contributed by atoms with Crippen LogP contribution in [0.4, 0.5) is 0 Å². The molecule has 0 fully saturated rings. The van der Waals surface area contributed by atoms with Gasteiger partial charge in [0.1, 0.15) is 11.8 Å². The maximum Gasteiger partial charge on any atom is 0.261 e. The third-order valence-corrected chi connectivity index (χ3v) is 4.58. The van der Waals surface area contributed by atoms with E-state index in [9.17, 15) is 9.59 Å². The second kappa shape index (κ2) is 10.7. The third-order valence-electron chi connectivity index (χ3n) is 4.27. The van der Waals surface area contributed by atoms with Gasteiger partial charge in [-0.05, 0) is 44.9 Å². The Morgan fingerprint density at radius 3 is 2.32 bits per heavy atom. The summed E-state index contributed by atoms with van der Waals surface area (Å²) in [5, 5.41) is 3.31. The number of hydrogen-bond donors (Lipinski definition) is 1. The van der Waals surface area contributed by atoms with Gasteiger partial charge in [0, 0.05) is 12.6 Å². The molecular formula is C22H27ClN2O3. The van der Waals surface area contributed by atoms with Crippen LogP contribution in [0.25, 0.3) is 0 Å². The van der Waals surface area contributed by atoms with Gasteiger partial charge < -0.3 is 15.0 Å². The molecule has 28 heavy (non-hydrogen) atoms. The van der Waals surface area contributed by atoms with E-state index in [2.05, 4.69) is 5.32 Å². The maximum atomic E-state index is 12.9. The molecule has 6 heteroatoms. The standard InChI is InChI=1S/C22H27ClN2O3/c1-16(2)24-22(27)17(3)25(14-13-18-9-5-4-6-10-18)21(26)15-28-20-12-8-7-11-19(20)23/h4-12,16-17H,13-15H2,1-3H3,(H,24,27)/t17-/m1/s1. The zero-order valence-corrected chi connectivity index (χ0v) is 17.3. The SMILES string of the molecule is CC(C)NC(=O)[C@@H](C)N(CCc1ccccc1)C(=O)COc1ccccc1Cl. The van der Waals surface area contributed by atoms with Crippen molar-refractivity contribution in [3.05, 3.63) is 65.2 Å². The molecule has 0 aliphatic carbocycles. The van der Waals surface area contributed by atoms with Crippen LogP contribution in [0.3, 0.4) is 0 Å². The van der Waals surface area contributed by atoms with E-state index in [1.165, 1.54) is 0 Å². The lowest BCUT2D eigenvalue weighted by Crippen LogP contribution is -2.51. The Bertz CT molecular complexity index is 780. The predicted octanol–water partition coefficient (Wildman–Crippen LogP) is 3.70. The molecule has 0 radical (unpaired) electrons. The molecule has 0 aliphatic heterocycles. The van der Waals surface area contributed by atoms with Crippen molar-refractivity contribution >= 4 is 23.4 Å². The van der Waals surface area contributed by atoms with E-state index in [1.54, 1.807) is 36.1 Å². The Kier molecular flexibility index (Phi) is 8.33. The summed E-state index contributed by atoms with van der Waals surface area (Å²) in [4.78, 5) is 26.9. The largest absolute Gasteiger partial charge is 0.482 e. The van der Waals surface area contributed by atoms with E-state index < -0.39 is 6.04 Å². The molecule has 5 nitrogen and oxygen atoms in total. The first kappa shape index (κ1) is 21.8. The molecule has 0 bridgehead atoms. The van der Waals surface area contributed by atoms with Crippen LogP contribution in [0.5, 0.6) is 5.75 Å². The van der Waals surface area contributed by atoms with Gasteiger partial charge in [0.2, 0.25) is 5.91 Å². The first-order valence-corrected chi connectivity index (χ1v) is 9.77. The fourth-order valence-electron chi connectivity index (χ4n) is 2.76. The minimum absolute atomic E-state index is 0.000371. The second-order valence-corrected chi connectivity index (χ2v) is 7.29. The lowest BCUT2D eigenvalue weighted by molar-refractivity contribution is -0.141. The minimum Gasteiger partial charge on any atom is -0.482 e. The van der Waals surface area contributed by atoms with E-state index in [1.807, 2.05) is 44.2 Å². The number of hydrogen-bond acceptors (Lipinski definition) is 3. The number of ether oxygens (including phenoxy) is 1. The van der Waals surface area contributed by atoms with E-state index in [4.69, 9.17) is 16.3 Å². The molecule has 150 valence electrons. The molecule has 0 saturated carbocycles. The van der Waals surface area contributed by atoms with Gasteiger partial charge in [0.15, 0.2) is 6.61 Å². The van der Waals surface area contributed by atoms with Crippen molar-refractivity contribution in [1.82, 2.24) is 10.2 Å². The van der Waals surface area contributed by atoms with Gasteiger partial charge in [0.05, 0.1) is 5.02 Å². The Morgan fingerprint density at radius 2 is 1.68 bits per heavy atom. The number of amides is 2. The van der Waals surface area contributed by atoms with Crippen molar-refractivity contribution in [3.8, 4) is 5.75 Å². The van der Waals surface area contributed by atoms with Crippen LogP contribution in [0.15, 0.2) is 54.6 Å². The van der Waals surface area contributed by atoms with Gasteiger partial charge in [0.25, 0.3) is 5.91 Å². The lowest BCUT2D eigenvalue weighted by Gasteiger charge is -2.29. The number of carbonyl (C=O) groups is 2. The Labute approximate surface area is 171 Å². The van der Waals surface area contributed by atoms with Crippen molar-refractivity contribution in [1.29, 1.82) is 0 Å². The number of rotatable bonds is 9. The average Bonchev–Trinajstić information content (AvgIpc) is 2.67. The molecule has 1 N–H and O–H groups in total. The Balaban J connectivity index is 2.07. The molecule has 2 amide bonds. The van der Waals surface area contributed by atoms with Crippen molar-refractivity contribution in [2.45, 2.75) is 39.3 Å². The normalized spacial score (nSPS) is 11.8. The zero-order valence-electron chi connectivity index (χ0n) is 16.5. The van der Waals surface area contributed by atoms with Crippen molar-refractivity contribution in [2.24, 2.45) is 0 Å². The summed E-state index contributed by atoms with van der Waals surface area (Å²) < 4.78 is 5.59. The number of benzene rings is 2. The maximum absolute atomic E-state index is 12.9. The van der Waals surface area contributed by atoms with Gasteiger partial charge in [-0.2, -0.15) is 0 Å². The second-order valence-electron chi connectivity index (χ2n) is 6.88. The Morgan fingerprint density at radius 1 is 1.04 bits per heavy atom. The summed E-state index contributed by atoms with van der Waals surface area (Å²) in [5.74, 6) is -0.00350. The fraction of sp³-hybridized carbons (Fsp3) is 0.364. The van der Waals surface area contributed by atoms with Crippen LogP contribution in [0.2, 0.25) is 5.02 Å². The summed E-state index contributed by atoms with van der Waals surface area (Å²) in [6.07, 6.45) is 0.651. The van der Waals surface area contributed by atoms with Crippen LogP contribution >= 0.6 is 11.6 Å². The molecule has 2 rings (SSSR count). The smallest absolute Gasteiger partial charge is 0.261 e. The summed E-state index contributed by atoms with van der Waals surface area (Å²) in [5.41, 5.74) is 1.10. The molecule has 0 aromatic heterocycles. The first-order chi connectivity index (χ1) is 13.4. The van der Waals surface area contributed by atoms with Crippen molar-refractivity contribution in [2.75, 3.05) is 13.2 Å². The topological polar surface area (TPSA) is 58.6 Å². The molecule has 0 aliphatic rings. The van der Waals surface area contributed by atoms with Crippen LogP contribution in [-0.2, 0) is 16.0 Å². The number of carbonyl (C=O) groups excluding carboxylic acids is 2. The number of para-hydroxylation sites is 1. The highest BCUT2D eigenvalue weighted by Gasteiger charge is 2.26. The van der Waals surface area contributed by atoms with Crippen LogP contribution < -0.4 is 10.1 Å². The zero-order chi connectivity index (χ0) is 20.5. The van der Waals surface area contributed by atoms with E-state index >= 15 is 0 Å². The lowest BCUT2D eigenvalue weighted by atomic mass is 10.1.